The highest BCUT2D eigenvalue weighted by Gasteiger charge is 2.38. The van der Waals surface area contributed by atoms with E-state index < -0.39 is 11.4 Å². The highest BCUT2D eigenvalue weighted by Crippen LogP contribution is 2.30. The van der Waals surface area contributed by atoms with Gasteiger partial charge in [0, 0.05) is 6.42 Å². The highest BCUT2D eigenvalue weighted by molar-refractivity contribution is 5.84. The molecule has 0 saturated heterocycles. The fourth-order valence-corrected chi connectivity index (χ4v) is 2.67. The molecule has 0 heterocycles. The molecule has 2 unspecified atom stereocenters. The van der Waals surface area contributed by atoms with Crippen molar-refractivity contribution >= 4 is 5.91 Å². The number of amides is 1. The van der Waals surface area contributed by atoms with Crippen molar-refractivity contribution in [3.63, 3.8) is 0 Å². The minimum Gasteiger partial charge on any atom is -0.490 e. The third kappa shape index (κ3) is 3.07. The number of carbonyl (C=O) groups excluding carboxylic acids is 1. The van der Waals surface area contributed by atoms with E-state index in [-0.39, 0.29) is 6.10 Å². The number of rotatable bonds is 4. The molecule has 2 rings (SSSR count). The molecular weight excluding hydrogens is 240 g/mol. The van der Waals surface area contributed by atoms with Gasteiger partial charge in [-0.15, -0.1) is 0 Å². The van der Waals surface area contributed by atoms with E-state index in [1.165, 1.54) is 5.56 Å². The summed E-state index contributed by atoms with van der Waals surface area (Å²) < 4.78 is 6.04. The molecule has 1 fully saturated rings. The van der Waals surface area contributed by atoms with E-state index in [1.54, 1.807) is 0 Å². The molecule has 1 aliphatic rings. The van der Waals surface area contributed by atoms with Gasteiger partial charge in [0.25, 0.3) is 0 Å². The topological polar surface area (TPSA) is 78.3 Å². The number of carbonyl (C=O) groups is 1. The lowest BCUT2D eigenvalue weighted by Crippen LogP contribution is -2.56. The Kier molecular flexibility index (Phi) is 4.10. The number of benzene rings is 1. The molecule has 0 aliphatic heterocycles. The monoisotopic (exact) mass is 262 g/mol. The third-order valence-electron chi connectivity index (χ3n) is 3.88. The number of aryl methyl sites for hydroxylation is 1. The Balaban J connectivity index is 2.09. The summed E-state index contributed by atoms with van der Waals surface area (Å²) in [5.74, 6) is 0.466. The fourth-order valence-electron chi connectivity index (χ4n) is 2.67. The molecule has 19 heavy (non-hydrogen) atoms. The maximum Gasteiger partial charge on any atom is 0.237 e. The summed E-state index contributed by atoms with van der Waals surface area (Å²) in [5.41, 5.74) is 11.7. The molecule has 0 aromatic heterocycles. The molecule has 2 atom stereocenters. The predicted octanol–water partition coefficient (Wildman–Crippen LogP) is 1.75. The van der Waals surface area contributed by atoms with Crippen LogP contribution in [0, 0.1) is 0 Å². The van der Waals surface area contributed by atoms with Crippen LogP contribution in [0.4, 0.5) is 0 Å². The summed E-state index contributed by atoms with van der Waals surface area (Å²) in [6.07, 6.45) is 3.84. The lowest BCUT2D eigenvalue weighted by atomic mass is 9.80. The van der Waals surface area contributed by atoms with Crippen molar-refractivity contribution in [2.45, 2.75) is 50.7 Å². The van der Waals surface area contributed by atoms with Crippen LogP contribution in [0.1, 0.15) is 38.2 Å². The Hall–Kier alpha value is -1.55. The summed E-state index contributed by atoms with van der Waals surface area (Å²) in [7, 11) is 0. The summed E-state index contributed by atoms with van der Waals surface area (Å²) in [6.45, 7) is 2.10. The van der Waals surface area contributed by atoms with Crippen LogP contribution in [0.3, 0.4) is 0 Å². The number of nitrogens with two attached hydrogens (primary N) is 2. The van der Waals surface area contributed by atoms with Gasteiger partial charge in [-0.25, -0.2) is 0 Å². The van der Waals surface area contributed by atoms with E-state index >= 15 is 0 Å². The Morgan fingerprint density at radius 1 is 1.47 bits per heavy atom. The van der Waals surface area contributed by atoms with Gasteiger partial charge >= 0.3 is 0 Å². The standard InChI is InChI=1S/C15H22N2O2/c1-2-11-6-3-4-8-13(11)19-12-7-5-9-15(17,10-12)14(16)18/h3-4,6,8,12H,2,5,7,9-10,17H2,1H3,(H2,16,18). The van der Waals surface area contributed by atoms with Crippen LogP contribution in [0.5, 0.6) is 5.75 Å². The maximum atomic E-state index is 11.4. The average Bonchev–Trinajstić information content (AvgIpc) is 2.39. The van der Waals surface area contributed by atoms with Gasteiger partial charge in [0.2, 0.25) is 5.91 Å². The summed E-state index contributed by atoms with van der Waals surface area (Å²) in [5, 5.41) is 0. The van der Waals surface area contributed by atoms with E-state index in [2.05, 4.69) is 13.0 Å². The number of hydrogen-bond acceptors (Lipinski definition) is 3. The first-order valence-electron chi connectivity index (χ1n) is 6.88. The second-order valence-corrected chi connectivity index (χ2v) is 5.32. The quantitative estimate of drug-likeness (QED) is 0.867. The number of hydrogen-bond donors (Lipinski definition) is 2. The zero-order chi connectivity index (χ0) is 13.9. The van der Waals surface area contributed by atoms with E-state index in [0.717, 1.165) is 25.0 Å². The van der Waals surface area contributed by atoms with Crippen LogP contribution in [-0.4, -0.2) is 17.6 Å². The molecule has 0 spiro atoms. The van der Waals surface area contributed by atoms with E-state index in [0.29, 0.717) is 12.8 Å². The Labute approximate surface area is 114 Å². The lowest BCUT2D eigenvalue weighted by Gasteiger charge is -2.35. The van der Waals surface area contributed by atoms with E-state index in [4.69, 9.17) is 16.2 Å². The van der Waals surface area contributed by atoms with Crippen molar-refractivity contribution in [2.24, 2.45) is 11.5 Å². The minimum atomic E-state index is -0.913. The van der Waals surface area contributed by atoms with E-state index in [9.17, 15) is 4.79 Å². The molecule has 1 saturated carbocycles. The zero-order valence-corrected chi connectivity index (χ0v) is 11.4. The molecule has 1 aromatic carbocycles. The SMILES string of the molecule is CCc1ccccc1OC1CCCC(N)(C(N)=O)C1. The highest BCUT2D eigenvalue weighted by atomic mass is 16.5. The normalized spacial score (nSPS) is 26.9. The largest absolute Gasteiger partial charge is 0.490 e. The first-order valence-corrected chi connectivity index (χ1v) is 6.88. The number of ether oxygens (including phenoxy) is 1. The van der Waals surface area contributed by atoms with Gasteiger partial charge < -0.3 is 16.2 Å². The molecule has 4 nitrogen and oxygen atoms in total. The van der Waals surface area contributed by atoms with E-state index in [1.807, 2.05) is 18.2 Å². The number of para-hydroxylation sites is 1. The molecule has 1 aliphatic carbocycles. The van der Waals surface area contributed by atoms with Gasteiger partial charge in [0.15, 0.2) is 0 Å². The van der Waals surface area contributed by atoms with Gasteiger partial charge in [0.1, 0.15) is 11.9 Å². The van der Waals surface area contributed by atoms with Crippen LogP contribution < -0.4 is 16.2 Å². The molecular formula is C15H22N2O2. The first kappa shape index (κ1) is 13.9. The molecule has 0 radical (unpaired) electrons. The van der Waals surface area contributed by atoms with Gasteiger partial charge in [0.05, 0.1) is 5.54 Å². The fraction of sp³-hybridized carbons (Fsp3) is 0.533. The van der Waals surface area contributed by atoms with Crippen molar-refractivity contribution < 1.29 is 9.53 Å². The van der Waals surface area contributed by atoms with Crippen LogP contribution in [-0.2, 0) is 11.2 Å². The Morgan fingerprint density at radius 3 is 2.89 bits per heavy atom. The Bertz CT molecular complexity index is 461. The van der Waals surface area contributed by atoms with Gasteiger partial charge in [-0.05, 0) is 37.3 Å². The average molecular weight is 262 g/mol. The summed E-state index contributed by atoms with van der Waals surface area (Å²) >= 11 is 0. The predicted molar refractivity (Wildman–Crippen MR) is 74.8 cm³/mol. The van der Waals surface area contributed by atoms with Gasteiger partial charge in [-0.1, -0.05) is 25.1 Å². The number of primary amides is 1. The van der Waals surface area contributed by atoms with Crippen LogP contribution in [0.25, 0.3) is 0 Å². The van der Waals surface area contributed by atoms with Crippen LogP contribution in [0.15, 0.2) is 24.3 Å². The molecule has 0 bridgehead atoms. The first-order chi connectivity index (χ1) is 9.05. The second kappa shape index (κ2) is 5.61. The lowest BCUT2D eigenvalue weighted by molar-refractivity contribution is -0.125. The van der Waals surface area contributed by atoms with Crippen molar-refractivity contribution in [1.82, 2.24) is 0 Å². The van der Waals surface area contributed by atoms with Crippen LogP contribution in [0.2, 0.25) is 0 Å². The van der Waals surface area contributed by atoms with Crippen molar-refractivity contribution in [2.75, 3.05) is 0 Å². The van der Waals surface area contributed by atoms with Gasteiger partial charge in [-0.3, -0.25) is 4.79 Å². The maximum absolute atomic E-state index is 11.4. The van der Waals surface area contributed by atoms with Gasteiger partial charge in [-0.2, -0.15) is 0 Å². The second-order valence-electron chi connectivity index (χ2n) is 5.32. The molecule has 1 amide bonds. The molecule has 4 heteroatoms. The molecule has 4 N–H and O–H groups in total. The zero-order valence-electron chi connectivity index (χ0n) is 11.4. The van der Waals surface area contributed by atoms with Crippen molar-refractivity contribution in [3.8, 4) is 5.75 Å². The van der Waals surface area contributed by atoms with Crippen molar-refractivity contribution in [3.05, 3.63) is 29.8 Å². The van der Waals surface area contributed by atoms with Crippen molar-refractivity contribution in [1.29, 1.82) is 0 Å². The summed E-state index contributed by atoms with van der Waals surface area (Å²) in [4.78, 5) is 11.4. The molecule has 1 aromatic rings. The third-order valence-corrected chi connectivity index (χ3v) is 3.88. The Morgan fingerprint density at radius 2 is 2.21 bits per heavy atom. The molecule has 104 valence electrons. The smallest absolute Gasteiger partial charge is 0.237 e. The van der Waals surface area contributed by atoms with Crippen LogP contribution >= 0.6 is 0 Å². The summed E-state index contributed by atoms with van der Waals surface area (Å²) in [6, 6.07) is 7.99. The minimum absolute atomic E-state index is 0.0288.